The van der Waals surface area contributed by atoms with Gasteiger partial charge in [-0.25, -0.2) is 0 Å². The van der Waals surface area contributed by atoms with Gasteiger partial charge in [0.25, 0.3) is 10.2 Å². The molecular weight excluding hydrogens is 228 g/mol. The lowest BCUT2D eigenvalue weighted by Crippen LogP contribution is -2.29. The van der Waals surface area contributed by atoms with Crippen LogP contribution in [0, 0.1) is 0 Å². The SMILES string of the molecule is CCNS(=O)(=O)Nc1ccc(CCO)cc1. The molecule has 1 rings (SSSR count). The van der Waals surface area contributed by atoms with Crippen LogP contribution in [0.3, 0.4) is 0 Å². The second-order valence-corrected chi connectivity index (χ2v) is 4.77. The van der Waals surface area contributed by atoms with Crippen molar-refractivity contribution in [2.45, 2.75) is 13.3 Å². The van der Waals surface area contributed by atoms with Crippen LogP contribution in [0.1, 0.15) is 12.5 Å². The first-order chi connectivity index (χ1) is 7.57. The number of benzene rings is 1. The van der Waals surface area contributed by atoms with Gasteiger partial charge >= 0.3 is 0 Å². The summed E-state index contributed by atoms with van der Waals surface area (Å²) in [5.74, 6) is 0. The Morgan fingerprint density at radius 2 is 1.88 bits per heavy atom. The number of rotatable bonds is 6. The molecule has 0 saturated carbocycles. The van der Waals surface area contributed by atoms with E-state index in [0.717, 1.165) is 5.56 Å². The van der Waals surface area contributed by atoms with Gasteiger partial charge in [0.1, 0.15) is 0 Å². The normalized spacial score (nSPS) is 11.4. The van der Waals surface area contributed by atoms with E-state index in [-0.39, 0.29) is 6.61 Å². The fraction of sp³-hybridized carbons (Fsp3) is 0.400. The molecule has 1 aromatic rings. The van der Waals surface area contributed by atoms with Gasteiger partial charge < -0.3 is 5.11 Å². The van der Waals surface area contributed by atoms with Gasteiger partial charge in [-0.15, -0.1) is 0 Å². The fourth-order valence-corrected chi connectivity index (χ4v) is 2.15. The number of hydrogen-bond donors (Lipinski definition) is 3. The van der Waals surface area contributed by atoms with Gasteiger partial charge in [0.05, 0.1) is 0 Å². The van der Waals surface area contributed by atoms with Crippen LogP contribution in [0.2, 0.25) is 0 Å². The molecule has 0 aromatic heterocycles. The zero-order chi connectivity index (χ0) is 12.0. The molecule has 0 aliphatic heterocycles. The first-order valence-corrected chi connectivity index (χ1v) is 6.53. The van der Waals surface area contributed by atoms with Crippen molar-refractivity contribution in [3.63, 3.8) is 0 Å². The van der Waals surface area contributed by atoms with Gasteiger partial charge in [0.15, 0.2) is 0 Å². The van der Waals surface area contributed by atoms with Crippen LogP contribution in [0.5, 0.6) is 0 Å². The minimum Gasteiger partial charge on any atom is -0.396 e. The predicted molar refractivity (Wildman–Crippen MR) is 63.5 cm³/mol. The first-order valence-electron chi connectivity index (χ1n) is 5.04. The van der Waals surface area contributed by atoms with E-state index in [1.807, 2.05) is 0 Å². The molecule has 16 heavy (non-hydrogen) atoms. The van der Waals surface area contributed by atoms with Gasteiger partial charge in [0, 0.05) is 18.8 Å². The molecule has 0 bridgehead atoms. The van der Waals surface area contributed by atoms with Gasteiger partial charge in [-0.1, -0.05) is 19.1 Å². The van der Waals surface area contributed by atoms with Crippen LogP contribution in [0.15, 0.2) is 24.3 Å². The average molecular weight is 244 g/mol. The zero-order valence-corrected chi connectivity index (χ0v) is 9.92. The highest BCUT2D eigenvalue weighted by Crippen LogP contribution is 2.10. The highest BCUT2D eigenvalue weighted by molar-refractivity contribution is 7.90. The molecule has 6 heteroatoms. The fourth-order valence-electron chi connectivity index (χ4n) is 1.25. The second kappa shape index (κ2) is 5.83. The third kappa shape index (κ3) is 4.18. The Balaban J connectivity index is 2.68. The molecule has 0 saturated heterocycles. The minimum absolute atomic E-state index is 0.0858. The van der Waals surface area contributed by atoms with E-state index in [4.69, 9.17) is 5.11 Å². The highest BCUT2D eigenvalue weighted by atomic mass is 32.2. The summed E-state index contributed by atoms with van der Waals surface area (Å²) < 4.78 is 27.4. The molecule has 0 unspecified atom stereocenters. The number of hydrogen-bond acceptors (Lipinski definition) is 3. The molecular formula is C10H16N2O3S. The van der Waals surface area contributed by atoms with Crippen LogP contribution in [-0.2, 0) is 16.6 Å². The van der Waals surface area contributed by atoms with E-state index in [2.05, 4.69) is 9.44 Å². The molecule has 0 radical (unpaired) electrons. The summed E-state index contributed by atoms with van der Waals surface area (Å²) in [5.41, 5.74) is 1.47. The molecule has 0 aliphatic carbocycles. The van der Waals surface area contributed by atoms with Crippen molar-refractivity contribution in [2.24, 2.45) is 0 Å². The average Bonchev–Trinajstić information content (AvgIpc) is 2.21. The van der Waals surface area contributed by atoms with E-state index in [1.54, 1.807) is 31.2 Å². The van der Waals surface area contributed by atoms with Crippen LogP contribution >= 0.6 is 0 Å². The third-order valence-electron chi connectivity index (χ3n) is 1.94. The van der Waals surface area contributed by atoms with E-state index in [0.29, 0.717) is 18.7 Å². The Labute approximate surface area is 95.7 Å². The van der Waals surface area contributed by atoms with Crippen molar-refractivity contribution in [1.82, 2.24) is 4.72 Å². The maximum Gasteiger partial charge on any atom is 0.299 e. The van der Waals surface area contributed by atoms with Crippen LogP contribution in [-0.4, -0.2) is 26.7 Å². The predicted octanol–water partition coefficient (Wildman–Crippen LogP) is 0.488. The molecule has 0 atom stereocenters. The van der Waals surface area contributed by atoms with Crippen molar-refractivity contribution < 1.29 is 13.5 Å². The summed E-state index contributed by atoms with van der Waals surface area (Å²) in [5, 5.41) is 8.72. The summed E-state index contributed by atoms with van der Waals surface area (Å²) in [4.78, 5) is 0. The van der Waals surface area contributed by atoms with Crippen LogP contribution in [0.4, 0.5) is 5.69 Å². The molecule has 0 heterocycles. The maximum atomic E-state index is 11.3. The van der Waals surface area contributed by atoms with E-state index in [9.17, 15) is 8.42 Å². The van der Waals surface area contributed by atoms with Gasteiger partial charge in [-0.3, -0.25) is 4.72 Å². The summed E-state index contributed by atoms with van der Waals surface area (Å²) in [7, 11) is -3.46. The quantitative estimate of drug-likeness (QED) is 0.681. The molecule has 0 amide bonds. The highest BCUT2D eigenvalue weighted by Gasteiger charge is 2.06. The molecule has 90 valence electrons. The lowest BCUT2D eigenvalue weighted by atomic mass is 10.1. The molecule has 3 N–H and O–H groups in total. The molecule has 1 aromatic carbocycles. The monoisotopic (exact) mass is 244 g/mol. The number of aliphatic hydroxyl groups is 1. The Kier molecular flexibility index (Phi) is 4.72. The Morgan fingerprint density at radius 3 is 2.38 bits per heavy atom. The van der Waals surface area contributed by atoms with Crippen LogP contribution < -0.4 is 9.44 Å². The number of anilines is 1. The molecule has 5 nitrogen and oxygen atoms in total. The van der Waals surface area contributed by atoms with Gasteiger partial charge in [-0.2, -0.15) is 13.1 Å². The topological polar surface area (TPSA) is 78.4 Å². The van der Waals surface area contributed by atoms with Crippen LogP contribution in [0.25, 0.3) is 0 Å². The van der Waals surface area contributed by atoms with Crippen molar-refractivity contribution in [1.29, 1.82) is 0 Å². The maximum absolute atomic E-state index is 11.3. The second-order valence-electron chi connectivity index (χ2n) is 3.27. The number of nitrogens with one attached hydrogen (secondary N) is 2. The zero-order valence-electron chi connectivity index (χ0n) is 9.10. The van der Waals surface area contributed by atoms with Gasteiger partial charge in [-0.05, 0) is 24.1 Å². The molecule has 0 fully saturated rings. The Hall–Kier alpha value is -1.11. The van der Waals surface area contributed by atoms with Crippen molar-refractivity contribution >= 4 is 15.9 Å². The number of aliphatic hydroxyl groups excluding tert-OH is 1. The molecule has 0 spiro atoms. The lowest BCUT2D eigenvalue weighted by molar-refractivity contribution is 0.299. The van der Waals surface area contributed by atoms with E-state index in [1.165, 1.54) is 0 Å². The van der Waals surface area contributed by atoms with Crippen molar-refractivity contribution in [3.8, 4) is 0 Å². The molecule has 0 aliphatic rings. The third-order valence-corrected chi connectivity index (χ3v) is 3.11. The largest absolute Gasteiger partial charge is 0.396 e. The Bertz CT molecular complexity index is 414. The van der Waals surface area contributed by atoms with Gasteiger partial charge in [0.2, 0.25) is 0 Å². The Morgan fingerprint density at radius 1 is 1.25 bits per heavy atom. The minimum atomic E-state index is -3.46. The summed E-state index contributed by atoms with van der Waals surface area (Å²) in [6.07, 6.45) is 0.570. The van der Waals surface area contributed by atoms with Crippen molar-refractivity contribution in [3.05, 3.63) is 29.8 Å². The lowest BCUT2D eigenvalue weighted by Gasteiger charge is -2.08. The smallest absolute Gasteiger partial charge is 0.299 e. The first kappa shape index (κ1) is 13.0. The van der Waals surface area contributed by atoms with E-state index < -0.39 is 10.2 Å². The summed E-state index contributed by atoms with van der Waals surface area (Å²) >= 11 is 0. The van der Waals surface area contributed by atoms with Crippen molar-refractivity contribution in [2.75, 3.05) is 17.9 Å². The summed E-state index contributed by atoms with van der Waals surface area (Å²) in [6, 6.07) is 6.89. The standard InChI is InChI=1S/C10H16N2O3S/c1-2-11-16(14,15)12-10-5-3-9(4-6-10)7-8-13/h3-6,11-13H,2,7-8H2,1H3. The summed E-state index contributed by atoms with van der Waals surface area (Å²) in [6.45, 7) is 2.14. The van der Waals surface area contributed by atoms with E-state index >= 15 is 0 Å².